The molecule has 1 amide bonds. The highest BCUT2D eigenvalue weighted by molar-refractivity contribution is 5.87. The van der Waals surface area contributed by atoms with Gasteiger partial charge < -0.3 is 9.84 Å². The van der Waals surface area contributed by atoms with E-state index in [0.29, 0.717) is 11.6 Å². The number of phenols is 1. The van der Waals surface area contributed by atoms with Crippen molar-refractivity contribution in [3.8, 4) is 5.75 Å². The van der Waals surface area contributed by atoms with Gasteiger partial charge in [-0.3, -0.25) is 5.32 Å². The van der Waals surface area contributed by atoms with Crippen LogP contribution >= 0.6 is 0 Å². The minimum absolute atomic E-state index is 0.0326. The summed E-state index contributed by atoms with van der Waals surface area (Å²) in [5, 5.41) is 12.2. The Labute approximate surface area is 108 Å². The first kappa shape index (κ1) is 14.4. The molecule has 0 saturated carbocycles. The van der Waals surface area contributed by atoms with Crippen LogP contribution in [0.5, 0.6) is 5.75 Å². The fourth-order valence-corrected chi connectivity index (χ4v) is 1.43. The third-order valence-corrected chi connectivity index (χ3v) is 2.32. The largest absolute Gasteiger partial charge is 0.506 e. The van der Waals surface area contributed by atoms with Crippen LogP contribution in [-0.2, 0) is 4.74 Å². The highest BCUT2D eigenvalue weighted by atomic mass is 16.6. The van der Waals surface area contributed by atoms with Crippen LogP contribution in [0.2, 0.25) is 0 Å². The smallest absolute Gasteiger partial charge is 0.412 e. The average molecular weight is 251 g/mol. The van der Waals surface area contributed by atoms with Crippen LogP contribution in [0.1, 0.15) is 46.1 Å². The summed E-state index contributed by atoms with van der Waals surface area (Å²) in [6.07, 6.45) is -0.571. The van der Waals surface area contributed by atoms with Gasteiger partial charge in [-0.15, -0.1) is 0 Å². The first-order chi connectivity index (χ1) is 8.19. The van der Waals surface area contributed by atoms with Crippen molar-refractivity contribution in [2.45, 2.75) is 46.1 Å². The van der Waals surface area contributed by atoms with E-state index in [1.54, 1.807) is 32.9 Å². The van der Waals surface area contributed by atoms with Crippen molar-refractivity contribution < 1.29 is 14.6 Å². The summed E-state index contributed by atoms with van der Waals surface area (Å²) in [7, 11) is 0. The van der Waals surface area contributed by atoms with Crippen molar-refractivity contribution >= 4 is 11.8 Å². The van der Waals surface area contributed by atoms with Crippen molar-refractivity contribution in [2.24, 2.45) is 0 Å². The molecule has 0 atom stereocenters. The second-order valence-corrected chi connectivity index (χ2v) is 5.56. The van der Waals surface area contributed by atoms with Crippen LogP contribution in [0.3, 0.4) is 0 Å². The van der Waals surface area contributed by atoms with Gasteiger partial charge in [0.2, 0.25) is 0 Å². The fourth-order valence-electron chi connectivity index (χ4n) is 1.43. The van der Waals surface area contributed by atoms with Crippen molar-refractivity contribution in [3.63, 3.8) is 0 Å². The molecular formula is C14H21NO3. The molecule has 0 fully saturated rings. The number of aromatic hydroxyl groups is 1. The maximum absolute atomic E-state index is 11.6. The molecule has 0 spiro atoms. The quantitative estimate of drug-likeness (QED) is 0.784. The molecule has 0 aliphatic carbocycles. The van der Waals surface area contributed by atoms with Crippen LogP contribution in [0, 0.1) is 0 Å². The van der Waals surface area contributed by atoms with E-state index in [2.05, 4.69) is 5.32 Å². The summed E-state index contributed by atoms with van der Waals surface area (Å²) in [6.45, 7) is 9.46. The van der Waals surface area contributed by atoms with E-state index in [4.69, 9.17) is 4.74 Å². The highest BCUT2D eigenvalue weighted by Crippen LogP contribution is 2.28. The highest BCUT2D eigenvalue weighted by Gasteiger charge is 2.17. The van der Waals surface area contributed by atoms with E-state index in [0.717, 1.165) is 5.56 Å². The molecule has 0 aliphatic heterocycles. The second kappa shape index (κ2) is 5.29. The Kier molecular flexibility index (Phi) is 4.22. The molecule has 0 bridgehead atoms. The molecule has 0 radical (unpaired) electrons. The predicted octanol–water partition coefficient (Wildman–Crippen LogP) is 3.86. The molecule has 4 heteroatoms. The molecular weight excluding hydrogens is 230 g/mol. The number of hydrogen-bond donors (Lipinski definition) is 2. The number of hydrogen-bond acceptors (Lipinski definition) is 3. The Morgan fingerprint density at radius 1 is 1.33 bits per heavy atom. The lowest BCUT2D eigenvalue weighted by Gasteiger charge is -2.20. The molecule has 1 rings (SSSR count). The number of carbonyl (C=O) groups excluding carboxylic acids is 1. The molecule has 2 N–H and O–H groups in total. The number of amides is 1. The summed E-state index contributed by atoms with van der Waals surface area (Å²) in [4.78, 5) is 11.6. The molecule has 4 nitrogen and oxygen atoms in total. The Morgan fingerprint density at radius 2 is 1.94 bits per heavy atom. The van der Waals surface area contributed by atoms with Crippen molar-refractivity contribution in [3.05, 3.63) is 23.8 Å². The number of nitrogens with one attached hydrogen (secondary N) is 1. The van der Waals surface area contributed by atoms with Crippen molar-refractivity contribution in [1.82, 2.24) is 0 Å². The molecule has 100 valence electrons. The van der Waals surface area contributed by atoms with Gasteiger partial charge in [-0.1, -0.05) is 19.9 Å². The molecule has 0 heterocycles. The summed E-state index contributed by atoms with van der Waals surface area (Å²) in [5.74, 6) is 0.357. The van der Waals surface area contributed by atoms with Gasteiger partial charge in [-0.25, -0.2) is 4.79 Å². The summed E-state index contributed by atoms with van der Waals surface area (Å²) in [5.41, 5.74) is 0.851. The number of carbonyl (C=O) groups is 1. The lowest BCUT2D eigenvalue weighted by molar-refractivity contribution is 0.0635. The number of benzene rings is 1. The zero-order valence-corrected chi connectivity index (χ0v) is 11.6. The topological polar surface area (TPSA) is 58.6 Å². The van der Waals surface area contributed by atoms with Crippen LogP contribution in [0.25, 0.3) is 0 Å². The third kappa shape index (κ3) is 4.28. The molecule has 18 heavy (non-hydrogen) atoms. The van der Waals surface area contributed by atoms with Crippen LogP contribution in [0.15, 0.2) is 18.2 Å². The van der Waals surface area contributed by atoms with Gasteiger partial charge in [0.05, 0.1) is 5.69 Å². The lowest BCUT2D eigenvalue weighted by atomic mass is 10.0. The second-order valence-electron chi connectivity index (χ2n) is 5.56. The zero-order chi connectivity index (χ0) is 13.9. The Morgan fingerprint density at radius 3 is 2.44 bits per heavy atom. The van der Waals surface area contributed by atoms with Gasteiger partial charge in [0.25, 0.3) is 0 Å². The van der Waals surface area contributed by atoms with E-state index in [-0.39, 0.29) is 5.75 Å². The molecule has 0 saturated heterocycles. The maximum Gasteiger partial charge on any atom is 0.412 e. The van der Waals surface area contributed by atoms with Crippen molar-refractivity contribution in [1.29, 1.82) is 0 Å². The normalized spacial score (nSPS) is 11.4. The fraction of sp³-hybridized carbons (Fsp3) is 0.500. The van der Waals surface area contributed by atoms with Gasteiger partial charge in [0.1, 0.15) is 11.4 Å². The number of anilines is 1. The van der Waals surface area contributed by atoms with Gasteiger partial charge in [-0.05, 0) is 44.4 Å². The number of phenolic OH excluding ortho intramolecular Hbond substituents is 1. The lowest BCUT2D eigenvalue weighted by Crippen LogP contribution is -2.27. The predicted molar refractivity (Wildman–Crippen MR) is 72.1 cm³/mol. The monoisotopic (exact) mass is 251 g/mol. The minimum atomic E-state index is -0.571. The number of rotatable bonds is 2. The summed E-state index contributed by atoms with van der Waals surface area (Å²) < 4.78 is 5.14. The third-order valence-electron chi connectivity index (χ3n) is 2.32. The summed E-state index contributed by atoms with van der Waals surface area (Å²) >= 11 is 0. The average Bonchev–Trinajstić information content (AvgIpc) is 2.18. The standard InChI is InChI=1S/C14H21NO3/c1-9(2)10-6-7-12(16)11(8-10)15-13(17)18-14(3,4)5/h6-9,16H,1-5H3,(H,15,17). The van der Waals surface area contributed by atoms with E-state index in [1.165, 1.54) is 0 Å². The Bertz CT molecular complexity index is 433. The van der Waals surface area contributed by atoms with Gasteiger partial charge in [-0.2, -0.15) is 0 Å². The van der Waals surface area contributed by atoms with Crippen LogP contribution in [0.4, 0.5) is 10.5 Å². The molecule has 0 unspecified atom stereocenters. The van der Waals surface area contributed by atoms with Gasteiger partial charge in [0, 0.05) is 0 Å². The van der Waals surface area contributed by atoms with E-state index >= 15 is 0 Å². The molecule has 0 aliphatic rings. The first-order valence-electron chi connectivity index (χ1n) is 6.02. The van der Waals surface area contributed by atoms with Gasteiger partial charge in [0.15, 0.2) is 0 Å². The van der Waals surface area contributed by atoms with Gasteiger partial charge >= 0.3 is 6.09 Å². The zero-order valence-electron chi connectivity index (χ0n) is 11.6. The minimum Gasteiger partial charge on any atom is -0.506 e. The molecule has 0 aromatic heterocycles. The van der Waals surface area contributed by atoms with Crippen LogP contribution in [-0.4, -0.2) is 16.8 Å². The Balaban J connectivity index is 2.84. The maximum atomic E-state index is 11.6. The summed E-state index contributed by atoms with van der Waals surface area (Å²) in [6, 6.07) is 5.16. The van der Waals surface area contributed by atoms with Crippen molar-refractivity contribution in [2.75, 3.05) is 5.32 Å². The van der Waals surface area contributed by atoms with Crippen LogP contribution < -0.4 is 5.32 Å². The molecule has 1 aromatic rings. The first-order valence-corrected chi connectivity index (χ1v) is 6.02. The number of ether oxygens (including phenoxy) is 1. The van der Waals surface area contributed by atoms with E-state index in [9.17, 15) is 9.90 Å². The van der Waals surface area contributed by atoms with E-state index < -0.39 is 11.7 Å². The molecule has 1 aromatic carbocycles. The SMILES string of the molecule is CC(C)c1ccc(O)c(NC(=O)OC(C)(C)C)c1. The Hall–Kier alpha value is -1.71. The van der Waals surface area contributed by atoms with E-state index in [1.807, 2.05) is 19.9 Å².